The van der Waals surface area contributed by atoms with Crippen LogP contribution >= 0.6 is 0 Å². The van der Waals surface area contributed by atoms with E-state index < -0.39 is 6.04 Å². The molecule has 0 spiro atoms. The fourth-order valence-corrected chi connectivity index (χ4v) is 2.98. The second-order valence-corrected chi connectivity index (χ2v) is 6.86. The summed E-state index contributed by atoms with van der Waals surface area (Å²) in [7, 11) is 0. The minimum atomic E-state index is -0.429. The Hall–Kier alpha value is -2.14. The topological polar surface area (TPSA) is 52.7 Å². The first kappa shape index (κ1) is 19.2. The van der Waals surface area contributed by atoms with E-state index in [1.165, 1.54) is 12.5 Å². The Labute approximate surface area is 150 Å². The number of nitrogens with one attached hydrogen (secondary N) is 1. The highest BCUT2D eigenvalue weighted by Crippen LogP contribution is 2.10. The van der Waals surface area contributed by atoms with Gasteiger partial charge in [0, 0.05) is 39.6 Å². The highest BCUT2D eigenvalue weighted by atomic mass is 16.2. The molecule has 0 bridgehead atoms. The summed E-state index contributed by atoms with van der Waals surface area (Å²) >= 11 is 0. The van der Waals surface area contributed by atoms with E-state index in [-0.39, 0.29) is 17.7 Å². The maximum Gasteiger partial charge on any atom is 0.245 e. The van der Waals surface area contributed by atoms with Crippen LogP contribution in [0.5, 0.6) is 0 Å². The molecule has 136 valence electrons. The third kappa shape index (κ3) is 6.02. The van der Waals surface area contributed by atoms with Crippen molar-refractivity contribution in [2.24, 2.45) is 5.92 Å². The maximum absolute atomic E-state index is 12.7. The minimum absolute atomic E-state index is 0.0321. The summed E-state index contributed by atoms with van der Waals surface area (Å²) in [5, 5.41) is 2.79. The van der Waals surface area contributed by atoms with Crippen molar-refractivity contribution in [3.8, 4) is 0 Å². The lowest BCUT2D eigenvalue weighted by Gasteiger charge is -2.36. The number of nitrogens with zero attached hydrogens (tertiary/aromatic N) is 2. The molecular formula is C20H29N3O2. The highest BCUT2D eigenvalue weighted by molar-refractivity contribution is 5.87. The summed E-state index contributed by atoms with van der Waals surface area (Å²) in [6.07, 6.45) is 4.30. The Morgan fingerprint density at radius 2 is 1.76 bits per heavy atom. The van der Waals surface area contributed by atoms with E-state index in [1.807, 2.05) is 36.9 Å². The molecule has 1 aliphatic rings. The summed E-state index contributed by atoms with van der Waals surface area (Å²) in [6, 6.07) is 9.82. The van der Waals surface area contributed by atoms with Crippen LogP contribution < -0.4 is 5.32 Å². The fraction of sp³-hybridized carbons (Fsp3) is 0.500. The number of rotatable bonds is 6. The lowest BCUT2D eigenvalue weighted by Crippen LogP contribution is -2.56. The Morgan fingerprint density at radius 1 is 1.12 bits per heavy atom. The van der Waals surface area contributed by atoms with E-state index in [0.29, 0.717) is 13.1 Å². The molecule has 2 rings (SSSR count). The Kier molecular flexibility index (Phi) is 7.19. The molecule has 1 aliphatic heterocycles. The molecule has 0 saturated carbocycles. The molecule has 0 aliphatic carbocycles. The molecule has 0 radical (unpaired) electrons. The Balaban J connectivity index is 1.81. The van der Waals surface area contributed by atoms with Gasteiger partial charge >= 0.3 is 0 Å². The van der Waals surface area contributed by atoms with Gasteiger partial charge in [0.1, 0.15) is 6.04 Å². The van der Waals surface area contributed by atoms with Gasteiger partial charge in [-0.3, -0.25) is 14.5 Å². The average Bonchev–Trinajstić information content (AvgIpc) is 2.60. The van der Waals surface area contributed by atoms with Gasteiger partial charge in [-0.25, -0.2) is 0 Å². The van der Waals surface area contributed by atoms with Gasteiger partial charge in [0.15, 0.2) is 0 Å². The molecule has 1 atom stereocenters. The summed E-state index contributed by atoms with van der Waals surface area (Å²) in [6.45, 7) is 9.40. The van der Waals surface area contributed by atoms with Gasteiger partial charge in [-0.15, -0.1) is 0 Å². The van der Waals surface area contributed by atoms with E-state index in [0.717, 1.165) is 19.6 Å². The molecule has 2 amide bonds. The fourth-order valence-electron chi connectivity index (χ4n) is 2.98. The van der Waals surface area contributed by atoms with Crippen LogP contribution in [0.4, 0.5) is 0 Å². The monoisotopic (exact) mass is 343 g/mol. The number of carbonyl (C=O) groups excluding carboxylic acids is 2. The smallest absolute Gasteiger partial charge is 0.245 e. The lowest BCUT2D eigenvalue weighted by atomic mass is 10.0. The lowest BCUT2D eigenvalue weighted by molar-refractivity contribution is -0.138. The zero-order chi connectivity index (χ0) is 18.2. The van der Waals surface area contributed by atoms with Crippen LogP contribution in [-0.2, 0) is 9.59 Å². The van der Waals surface area contributed by atoms with Gasteiger partial charge in [-0.05, 0) is 11.5 Å². The van der Waals surface area contributed by atoms with E-state index >= 15 is 0 Å². The van der Waals surface area contributed by atoms with Gasteiger partial charge in [0.05, 0.1) is 0 Å². The second-order valence-electron chi connectivity index (χ2n) is 6.86. The van der Waals surface area contributed by atoms with E-state index in [1.54, 1.807) is 0 Å². The number of hydrogen-bond donors (Lipinski definition) is 1. The van der Waals surface area contributed by atoms with Crippen LogP contribution in [0, 0.1) is 5.92 Å². The standard InChI is InChI=1S/C20H29N3O2/c1-16(2)19(21-17(3)24)20(25)23-14-12-22(13-15-23)11-7-10-18-8-5-4-6-9-18/h4-10,16,19H,11-15H2,1-3H3,(H,21,24)/b10-7+. The van der Waals surface area contributed by atoms with Crippen molar-refractivity contribution in [1.82, 2.24) is 15.1 Å². The van der Waals surface area contributed by atoms with Crippen molar-refractivity contribution in [2.75, 3.05) is 32.7 Å². The van der Waals surface area contributed by atoms with Crippen molar-refractivity contribution in [2.45, 2.75) is 26.8 Å². The maximum atomic E-state index is 12.7. The molecule has 1 fully saturated rings. The summed E-state index contributed by atoms with van der Waals surface area (Å²) in [5.41, 5.74) is 1.20. The summed E-state index contributed by atoms with van der Waals surface area (Å²) < 4.78 is 0. The molecule has 1 heterocycles. The molecule has 5 heteroatoms. The van der Waals surface area contributed by atoms with E-state index in [9.17, 15) is 9.59 Å². The second kappa shape index (κ2) is 9.37. The van der Waals surface area contributed by atoms with Crippen LogP contribution in [0.2, 0.25) is 0 Å². The molecule has 1 aromatic rings. The first-order chi connectivity index (χ1) is 12.0. The van der Waals surface area contributed by atoms with Gasteiger partial charge in [0.2, 0.25) is 11.8 Å². The van der Waals surface area contributed by atoms with Crippen LogP contribution in [0.25, 0.3) is 6.08 Å². The van der Waals surface area contributed by atoms with Crippen molar-refractivity contribution in [3.05, 3.63) is 42.0 Å². The highest BCUT2D eigenvalue weighted by Gasteiger charge is 2.29. The van der Waals surface area contributed by atoms with Crippen LogP contribution in [0.15, 0.2) is 36.4 Å². The van der Waals surface area contributed by atoms with Crippen LogP contribution in [-0.4, -0.2) is 60.4 Å². The first-order valence-corrected chi connectivity index (χ1v) is 8.97. The molecule has 5 nitrogen and oxygen atoms in total. The van der Waals surface area contributed by atoms with Gasteiger partial charge in [-0.2, -0.15) is 0 Å². The third-order valence-electron chi connectivity index (χ3n) is 4.45. The summed E-state index contributed by atoms with van der Waals surface area (Å²) in [5.74, 6) is -0.0374. The predicted molar refractivity (Wildman–Crippen MR) is 101 cm³/mol. The normalized spacial score (nSPS) is 17.0. The number of piperazine rings is 1. The van der Waals surface area contributed by atoms with Crippen molar-refractivity contribution >= 4 is 17.9 Å². The SMILES string of the molecule is CC(=O)NC(C(=O)N1CCN(C/C=C/c2ccccc2)CC1)C(C)C. The Bertz CT molecular complexity index is 590. The molecule has 25 heavy (non-hydrogen) atoms. The van der Waals surface area contributed by atoms with Crippen molar-refractivity contribution in [1.29, 1.82) is 0 Å². The number of hydrogen-bond acceptors (Lipinski definition) is 3. The van der Waals surface area contributed by atoms with E-state index in [2.05, 4.69) is 34.5 Å². The molecule has 1 unspecified atom stereocenters. The molecular weight excluding hydrogens is 314 g/mol. The minimum Gasteiger partial charge on any atom is -0.344 e. The van der Waals surface area contributed by atoms with Gasteiger partial charge in [-0.1, -0.05) is 56.3 Å². The molecule has 1 aromatic carbocycles. The van der Waals surface area contributed by atoms with Crippen LogP contribution in [0.3, 0.4) is 0 Å². The largest absolute Gasteiger partial charge is 0.344 e. The average molecular weight is 343 g/mol. The third-order valence-corrected chi connectivity index (χ3v) is 4.45. The van der Waals surface area contributed by atoms with Gasteiger partial charge < -0.3 is 10.2 Å². The Morgan fingerprint density at radius 3 is 2.32 bits per heavy atom. The number of amides is 2. The molecule has 0 aromatic heterocycles. The summed E-state index contributed by atoms with van der Waals surface area (Å²) in [4.78, 5) is 28.2. The van der Waals surface area contributed by atoms with E-state index in [4.69, 9.17) is 0 Å². The zero-order valence-corrected chi connectivity index (χ0v) is 15.4. The number of carbonyl (C=O) groups is 2. The first-order valence-electron chi connectivity index (χ1n) is 8.97. The van der Waals surface area contributed by atoms with Gasteiger partial charge in [0.25, 0.3) is 0 Å². The van der Waals surface area contributed by atoms with Crippen molar-refractivity contribution in [3.63, 3.8) is 0 Å². The number of benzene rings is 1. The molecule has 1 saturated heterocycles. The van der Waals surface area contributed by atoms with Crippen molar-refractivity contribution < 1.29 is 9.59 Å². The zero-order valence-electron chi connectivity index (χ0n) is 15.4. The molecule has 1 N–H and O–H groups in total. The quantitative estimate of drug-likeness (QED) is 0.860. The van der Waals surface area contributed by atoms with Crippen LogP contribution in [0.1, 0.15) is 26.3 Å². The predicted octanol–water partition coefficient (Wildman–Crippen LogP) is 2.00.